The van der Waals surface area contributed by atoms with Crippen molar-refractivity contribution in [3.05, 3.63) is 69.5 Å². The van der Waals surface area contributed by atoms with E-state index in [2.05, 4.69) is 5.32 Å². The predicted octanol–water partition coefficient (Wildman–Crippen LogP) is 3.87. The summed E-state index contributed by atoms with van der Waals surface area (Å²) in [6.45, 7) is 0.926. The Hall–Kier alpha value is -2.68. The fourth-order valence-corrected chi connectivity index (χ4v) is 5.13. The van der Waals surface area contributed by atoms with E-state index < -0.39 is 21.6 Å². The number of rotatable bonds is 4. The lowest BCUT2D eigenvalue weighted by atomic mass is 10.1. The van der Waals surface area contributed by atoms with Gasteiger partial charge in [-0.3, -0.25) is 4.79 Å². The summed E-state index contributed by atoms with van der Waals surface area (Å²) in [5.74, 6) is -0.732. The molecule has 0 spiro atoms. The van der Waals surface area contributed by atoms with E-state index in [0.29, 0.717) is 24.1 Å². The molecule has 156 valence electrons. The fraction of sp³-hybridized carbons (Fsp3) is 0.238. The molecular weight excluding hydrogens is 428 g/mol. The van der Waals surface area contributed by atoms with Crippen molar-refractivity contribution in [3.63, 3.8) is 0 Å². The summed E-state index contributed by atoms with van der Waals surface area (Å²) in [6, 6.07) is 12.4. The van der Waals surface area contributed by atoms with Gasteiger partial charge >= 0.3 is 5.63 Å². The zero-order chi connectivity index (χ0) is 21.3. The summed E-state index contributed by atoms with van der Waals surface area (Å²) in [5.41, 5.74) is -0.521. The van der Waals surface area contributed by atoms with Gasteiger partial charge in [0, 0.05) is 18.5 Å². The predicted molar refractivity (Wildman–Crippen MR) is 114 cm³/mol. The van der Waals surface area contributed by atoms with Gasteiger partial charge in [-0.25, -0.2) is 13.2 Å². The van der Waals surface area contributed by atoms with Crippen molar-refractivity contribution < 1.29 is 17.6 Å². The zero-order valence-electron chi connectivity index (χ0n) is 15.9. The minimum absolute atomic E-state index is 0.0367. The maximum absolute atomic E-state index is 12.9. The molecule has 1 aliphatic heterocycles. The fourth-order valence-electron chi connectivity index (χ4n) is 3.42. The van der Waals surface area contributed by atoms with Crippen molar-refractivity contribution in [1.29, 1.82) is 0 Å². The van der Waals surface area contributed by atoms with Crippen LogP contribution in [0.2, 0.25) is 5.02 Å². The van der Waals surface area contributed by atoms with Gasteiger partial charge < -0.3 is 9.73 Å². The minimum atomic E-state index is -3.70. The number of carbonyl (C=O) groups excluding carboxylic acids is 1. The average molecular weight is 447 g/mol. The van der Waals surface area contributed by atoms with Crippen LogP contribution in [0.4, 0.5) is 5.69 Å². The van der Waals surface area contributed by atoms with Crippen molar-refractivity contribution in [2.45, 2.75) is 24.2 Å². The average Bonchev–Trinajstić information content (AvgIpc) is 2.75. The highest BCUT2D eigenvalue weighted by Crippen LogP contribution is 2.28. The number of piperidine rings is 1. The molecule has 0 saturated carbocycles. The molecule has 1 aliphatic rings. The van der Waals surface area contributed by atoms with Crippen molar-refractivity contribution >= 4 is 44.2 Å². The second-order valence-corrected chi connectivity index (χ2v) is 9.39. The Bertz CT molecular complexity index is 1280. The van der Waals surface area contributed by atoms with Gasteiger partial charge in [-0.15, -0.1) is 0 Å². The van der Waals surface area contributed by atoms with Crippen LogP contribution in [0.1, 0.15) is 29.6 Å². The summed E-state index contributed by atoms with van der Waals surface area (Å²) in [7, 11) is -3.70. The van der Waals surface area contributed by atoms with Gasteiger partial charge in [0.25, 0.3) is 5.91 Å². The van der Waals surface area contributed by atoms with Gasteiger partial charge in [-0.05, 0) is 43.2 Å². The molecule has 0 radical (unpaired) electrons. The number of para-hydroxylation sites is 1. The zero-order valence-corrected chi connectivity index (χ0v) is 17.5. The quantitative estimate of drug-likeness (QED) is 0.613. The summed E-state index contributed by atoms with van der Waals surface area (Å²) in [6.07, 6.45) is 2.63. The largest absolute Gasteiger partial charge is 0.422 e. The Labute approximate surface area is 178 Å². The van der Waals surface area contributed by atoms with Crippen LogP contribution in [0.15, 0.2) is 62.6 Å². The smallest absolute Gasteiger partial charge is 0.349 e. The minimum Gasteiger partial charge on any atom is -0.422 e. The maximum Gasteiger partial charge on any atom is 0.349 e. The molecule has 1 N–H and O–H groups in total. The van der Waals surface area contributed by atoms with Gasteiger partial charge in [0.1, 0.15) is 11.1 Å². The highest BCUT2D eigenvalue weighted by Gasteiger charge is 2.27. The number of hydrogen-bond donors (Lipinski definition) is 1. The van der Waals surface area contributed by atoms with E-state index in [9.17, 15) is 18.0 Å². The molecule has 1 aromatic heterocycles. The van der Waals surface area contributed by atoms with Crippen LogP contribution in [-0.4, -0.2) is 31.7 Å². The number of carbonyl (C=O) groups is 1. The molecule has 0 atom stereocenters. The highest BCUT2D eigenvalue weighted by atomic mass is 35.5. The molecule has 4 rings (SSSR count). The number of fused-ring (bicyclic) bond motifs is 1. The normalized spacial score (nSPS) is 15.2. The molecule has 1 amide bonds. The number of halogens is 1. The first-order valence-electron chi connectivity index (χ1n) is 9.50. The van der Waals surface area contributed by atoms with Gasteiger partial charge in [-0.2, -0.15) is 4.31 Å². The molecule has 0 aliphatic carbocycles. The number of anilines is 1. The molecule has 1 saturated heterocycles. The summed E-state index contributed by atoms with van der Waals surface area (Å²) in [5, 5.41) is 3.28. The Morgan fingerprint density at radius 1 is 1.03 bits per heavy atom. The number of sulfonamides is 1. The Morgan fingerprint density at radius 2 is 1.77 bits per heavy atom. The molecule has 9 heteroatoms. The van der Waals surface area contributed by atoms with Crippen molar-refractivity contribution in [2.24, 2.45) is 0 Å². The van der Waals surface area contributed by atoms with E-state index >= 15 is 0 Å². The maximum atomic E-state index is 12.9. The first-order chi connectivity index (χ1) is 14.4. The van der Waals surface area contributed by atoms with E-state index in [0.717, 1.165) is 19.3 Å². The first-order valence-corrected chi connectivity index (χ1v) is 11.3. The van der Waals surface area contributed by atoms with Crippen LogP contribution in [-0.2, 0) is 10.0 Å². The molecular formula is C21H19ClN2O5S. The summed E-state index contributed by atoms with van der Waals surface area (Å²) >= 11 is 6.17. The molecule has 7 nitrogen and oxygen atoms in total. The third kappa shape index (κ3) is 3.98. The second kappa shape index (κ2) is 8.22. The van der Waals surface area contributed by atoms with Gasteiger partial charge in [0.15, 0.2) is 0 Å². The molecule has 2 aromatic carbocycles. The van der Waals surface area contributed by atoms with Crippen LogP contribution in [0.25, 0.3) is 11.0 Å². The Kier molecular flexibility index (Phi) is 5.64. The second-order valence-electron chi connectivity index (χ2n) is 7.05. The highest BCUT2D eigenvalue weighted by molar-refractivity contribution is 7.89. The lowest BCUT2D eigenvalue weighted by Gasteiger charge is -2.26. The Balaban J connectivity index is 1.65. The SMILES string of the molecule is O=C(Nc1cc(S(=O)(=O)N2CCCCC2)ccc1Cl)c1cc2ccccc2oc1=O. The first kappa shape index (κ1) is 20.6. The number of amides is 1. The number of nitrogens with zero attached hydrogens (tertiary/aromatic N) is 1. The van der Waals surface area contributed by atoms with E-state index in [1.54, 1.807) is 24.3 Å². The molecule has 0 bridgehead atoms. The van der Waals surface area contributed by atoms with Crippen LogP contribution >= 0.6 is 11.6 Å². The molecule has 3 aromatic rings. The van der Waals surface area contributed by atoms with Crippen LogP contribution in [0.3, 0.4) is 0 Å². The summed E-state index contributed by atoms with van der Waals surface area (Å²) < 4.78 is 32.4. The number of benzene rings is 2. The van der Waals surface area contributed by atoms with Crippen LogP contribution in [0.5, 0.6) is 0 Å². The molecule has 2 heterocycles. The monoisotopic (exact) mass is 446 g/mol. The molecule has 30 heavy (non-hydrogen) atoms. The van der Waals surface area contributed by atoms with Gasteiger partial charge in [0.2, 0.25) is 10.0 Å². The van der Waals surface area contributed by atoms with E-state index in [1.807, 2.05) is 0 Å². The lowest BCUT2D eigenvalue weighted by Crippen LogP contribution is -2.35. The summed E-state index contributed by atoms with van der Waals surface area (Å²) in [4.78, 5) is 25.0. The van der Waals surface area contributed by atoms with Crippen LogP contribution in [0, 0.1) is 0 Å². The topological polar surface area (TPSA) is 96.7 Å². The lowest BCUT2D eigenvalue weighted by molar-refractivity contribution is 0.102. The third-order valence-electron chi connectivity index (χ3n) is 5.02. The Morgan fingerprint density at radius 3 is 2.53 bits per heavy atom. The number of nitrogens with one attached hydrogen (secondary N) is 1. The van der Waals surface area contributed by atoms with E-state index in [-0.39, 0.29) is 21.2 Å². The standard InChI is InChI=1S/C21H19ClN2O5S/c22-17-9-8-15(30(27,28)24-10-4-1-5-11-24)13-18(17)23-20(25)16-12-14-6-2-3-7-19(14)29-21(16)26/h2-3,6-9,12-13H,1,4-5,10-11H2,(H,23,25). The number of hydrogen-bond acceptors (Lipinski definition) is 5. The van der Waals surface area contributed by atoms with Crippen molar-refractivity contribution in [3.8, 4) is 0 Å². The van der Waals surface area contributed by atoms with E-state index in [1.165, 1.54) is 28.6 Å². The van der Waals surface area contributed by atoms with Crippen molar-refractivity contribution in [1.82, 2.24) is 4.31 Å². The van der Waals surface area contributed by atoms with Crippen LogP contribution < -0.4 is 10.9 Å². The van der Waals surface area contributed by atoms with Gasteiger partial charge in [0.05, 0.1) is 15.6 Å². The molecule has 1 fully saturated rings. The van der Waals surface area contributed by atoms with Crippen molar-refractivity contribution in [2.75, 3.05) is 18.4 Å². The molecule has 0 unspecified atom stereocenters. The van der Waals surface area contributed by atoms with E-state index in [4.69, 9.17) is 16.0 Å². The van der Waals surface area contributed by atoms with Gasteiger partial charge in [-0.1, -0.05) is 36.2 Å². The third-order valence-corrected chi connectivity index (χ3v) is 7.25.